The number of benzene rings is 1. The van der Waals surface area contributed by atoms with Gasteiger partial charge >= 0.3 is 0 Å². The maximum atomic E-state index is 11.3. The second-order valence-electron chi connectivity index (χ2n) is 4.99. The van der Waals surface area contributed by atoms with Crippen LogP contribution in [0, 0.1) is 6.92 Å². The van der Waals surface area contributed by atoms with Crippen LogP contribution in [0.2, 0.25) is 0 Å². The molecular weight excluding hydrogens is 250 g/mol. The number of rotatable bonds is 2. The van der Waals surface area contributed by atoms with Gasteiger partial charge in [-0.05, 0) is 43.5 Å². The zero-order valence-corrected chi connectivity index (χ0v) is 11.8. The minimum absolute atomic E-state index is 0.0525. The quantitative estimate of drug-likeness (QED) is 0.837. The summed E-state index contributed by atoms with van der Waals surface area (Å²) in [5, 5.41) is 0. The van der Waals surface area contributed by atoms with Crippen LogP contribution in [0.15, 0.2) is 22.0 Å². The van der Waals surface area contributed by atoms with Gasteiger partial charge in [-0.25, -0.2) is 0 Å². The van der Waals surface area contributed by atoms with Crippen molar-refractivity contribution in [3.8, 4) is 0 Å². The summed E-state index contributed by atoms with van der Waals surface area (Å²) >= 11 is 0. The molecule has 0 aromatic heterocycles. The van der Waals surface area contributed by atoms with Crippen LogP contribution in [-0.4, -0.2) is 18.7 Å². The third kappa shape index (κ3) is 1.78. The Hall–Kier alpha value is -1.20. The monoisotopic (exact) mass is 267 g/mol. The van der Waals surface area contributed by atoms with Crippen LogP contribution in [0.4, 0.5) is 5.69 Å². The average molecular weight is 267 g/mol. The zero-order chi connectivity index (χ0) is 13.7. The fourth-order valence-corrected chi connectivity index (χ4v) is 2.99. The van der Waals surface area contributed by atoms with Crippen LogP contribution in [0.3, 0.4) is 0 Å². The van der Waals surface area contributed by atoms with Gasteiger partial charge in [0.1, 0.15) is 0 Å². The third-order valence-corrected chi connectivity index (χ3v) is 4.78. The van der Waals surface area contributed by atoms with E-state index in [2.05, 4.69) is 4.99 Å². The number of hydrogen-bond acceptors (Lipinski definition) is 3. The summed E-state index contributed by atoms with van der Waals surface area (Å²) in [7, 11) is -4.17. The van der Waals surface area contributed by atoms with Gasteiger partial charge in [-0.15, -0.1) is 0 Å². The number of nitrogens with zero attached hydrogens (tertiary/aromatic N) is 1. The van der Waals surface area contributed by atoms with E-state index in [1.165, 1.54) is 6.07 Å². The summed E-state index contributed by atoms with van der Waals surface area (Å²) < 4.78 is 31.8. The standard InChI is InChI=1S/C13H17NO3S/c1-5-13(4)9(3)14-12-8(2)6-10(7-11(12)13)18(15,16)17/h6-7H,5H2,1-4H3,(H,15,16,17). The molecule has 0 saturated heterocycles. The minimum atomic E-state index is -4.17. The Bertz CT molecular complexity index is 646. The van der Waals surface area contributed by atoms with E-state index in [1.807, 2.05) is 27.7 Å². The molecule has 1 unspecified atom stereocenters. The molecule has 1 aromatic carbocycles. The molecule has 18 heavy (non-hydrogen) atoms. The first-order valence-corrected chi connectivity index (χ1v) is 7.32. The van der Waals surface area contributed by atoms with Crippen molar-refractivity contribution in [2.24, 2.45) is 4.99 Å². The SMILES string of the molecule is CCC1(C)C(C)=Nc2c(C)cc(S(=O)(=O)O)cc21. The molecular formula is C13H17NO3S. The van der Waals surface area contributed by atoms with Crippen LogP contribution >= 0.6 is 0 Å². The number of fused-ring (bicyclic) bond motifs is 1. The van der Waals surface area contributed by atoms with Crippen LogP contribution in [0.1, 0.15) is 38.3 Å². The predicted octanol–water partition coefficient (Wildman–Crippen LogP) is 3.02. The molecule has 4 nitrogen and oxygen atoms in total. The molecule has 5 heteroatoms. The molecule has 1 aromatic rings. The molecule has 0 radical (unpaired) electrons. The van der Waals surface area contributed by atoms with Gasteiger partial charge in [0.15, 0.2) is 0 Å². The Labute approximate surface area is 108 Å². The Morgan fingerprint density at radius 1 is 1.33 bits per heavy atom. The molecule has 0 aliphatic carbocycles. The summed E-state index contributed by atoms with van der Waals surface area (Å²) in [6.45, 7) is 7.86. The fraction of sp³-hybridized carbons (Fsp3) is 0.462. The first-order chi connectivity index (χ1) is 8.20. The van der Waals surface area contributed by atoms with Crippen molar-refractivity contribution in [3.63, 3.8) is 0 Å². The highest BCUT2D eigenvalue weighted by Gasteiger charge is 2.36. The molecule has 1 aliphatic heterocycles. The van der Waals surface area contributed by atoms with Crippen LogP contribution in [0.5, 0.6) is 0 Å². The summed E-state index contributed by atoms with van der Waals surface area (Å²) in [5.41, 5.74) is 3.23. The number of hydrogen-bond donors (Lipinski definition) is 1. The van der Waals surface area contributed by atoms with Gasteiger partial charge in [0.25, 0.3) is 10.1 Å². The summed E-state index contributed by atoms with van der Waals surface area (Å²) in [4.78, 5) is 4.49. The van der Waals surface area contributed by atoms with E-state index in [4.69, 9.17) is 0 Å². The molecule has 1 N–H and O–H groups in total. The van der Waals surface area contributed by atoms with Gasteiger partial charge in [-0.3, -0.25) is 9.55 Å². The number of aryl methyl sites for hydroxylation is 1. The van der Waals surface area contributed by atoms with Crippen molar-refractivity contribution >= 4 is 21.5 Å². The van der Waals surface area contributed by atoms with Gasteiger partial charge in [0.05, 0.1) is 10.6 Å². The molecule has 2 rings (SSSR count). The van der Waals surface area contributed by atoms with Gasteiger partial charge in [-0.1, -0.05) is 13.8 Å². The van der Waals surface area contributed by atoms with Crippen molar-refractivity contribution in [2.45, 2.75) is 44.4 Å². The van der Waals surface area contributed by atoms with Gasteiger partial charge in [-0.2, -0.15) is 8.42 Å². The van der Waals surface area contributed by atoms with Crippen LogP contribution in [0.25, 0.3) is 0 Å². The maximum absolute atomic E-state index is 11.3. The summed E-state index contributed by atoms with van der Waals surface area (Å²) in [6, 6.07) is 3.01. The highest BCUT2D eigenvalue weighted by atomic mass is 32.2. The van der Waals surface area contributed by atoms with E-state index in [0.717, 1.165) is 28.9 Å². The van der Waals surface area contributed by atoms with E-state index in [0.29, 0.717) is 0 Å². The Morgan fingerprint density at radius 3 is 2.44 bits per heavy atom. The lowest BCUT2D eigenvalue weighted by Gasteiger charge is -2.24. The van der Waals surface area contributed by atoms with Gasteiger partial charge < -0.3 is 0 Å². The van der Waals surface area contributed by atoms with E-state index in [1.54, 1.807) is 6.07 Å². The van der Waals surface area contributed by atoms with Gasteiger partial charge in [0, 0.05) is 11.1 Å². The average Bonchev–Trinajstić information content (AvgIpc) is 2.53. The van der Waals surface area contributed by atoms with Crippen molar-refractivity contribution < 1.29 is 13.0 Å². The van der Waals surface area contributed by atoms with Crippen molar-refractivity contribution in [1.29, 1.82) is 0 Å². The van der Waals surface area contributed by atoms with E-state index in [9.17, 15) is 13.0 Å². The fourth-order valence-electron chi connectivity index (χ4n) is 2.40. The molecule has 1 aliphatic rings. The van der Waals surface area contributed by atoms with E-state index < -0.39 is 10.1 Å². The lowest BCUT2D eigenvalue weighted by Crippen LogP contribution is -2.26. The Kier molecular flexibility index (Phi) is 2.87. The van der Waals surface area contributed by atoms with Crippen LogP contribution in [-0.2, 0) is 15.5 Å². The van der Waals surface area contributed by atoms with Crippen molar-refractivity contribution in [1.82, 2.24) is 0 Å². The largest absolute Gasteiger partial charge is 0.294 e. The molecule has 1 atom stereocenters. The molecule has 0 saturated carbocycles. The molecule has 0 spiro atoms. The first kappa shape index (κ1) is 13.2. The second kappa shape index (κ2) is 3.90. The van der Waals surface area contributed by atoms with E-state index >= 15 is 0 Å². The lowest BCUT2D eigenvalue weighted by atomic mass is 9.77. The maximum Gasteiger partial charge on any atom is 0.294 e. The van der Waals surface area contributed by atoms with Crippen molar-refractivity contribution in [2.75, 3.05) is 0 Å². The smallest absolute Gasteiger partial charge is 0.282 e. The zero-order valence-electron chi connectivity index (χ0n) is 11.0. The summed E-state index contributed by atoms with van der Waals surface area (Å²) in [5.74, 6) is 0. The second-order valence-corrected chi connectivity index (χ2v) is 6.42. The van der Waals surface area contributed by atoms with Crippen molar-refractivity contribution in [3.05, 3.63) is 23.3 Å². The molecule has 0 amide bonds. The molecule has 0 bridgehead atoms. The highest BCUT2D eigenvalue weighted by Crippen LogP contribution is 2.45. The Balaban J connectivity index is 2.76. The molecule has 98 valence electrons. The van der Waals surface area contributed by atoms with E-state index in [-0.39, 0.29) is 10.3 Å². The lowest BCUT2D eigenvalue weighted by molar-refractivity contribution is 0.482. The highest BCUT2D eigenvalue weighted by molar-refractivity contribution is 7.85. The summed E-state index contributed by atoms with van der Waals surface area (Å²) in [6.07, 6.45) is 0.837. The third-order valence-electron chi connectivity index (χ3n) is 3.95. The Morgan fingerprint density at radius 2 is 1.94 bits per heavy atom. The topological polar surface area (TPSA) is 66.7 Å². The predicted molar refractivity (Wildman–Crippen MR) is 71.4 cm³/mol. The number of aliphatic imine (C=N–C) groups is 1. The molecule has 1 heterocycles. The minimum Gasteiger partial charge on any atom is -0.282 e. The van der Waals surface area contributed by atoms with Gasteiger partial charge in [0.2, 0.25) is 0 Å². The molecule has 0 fully saturated rings. The normalized spacial score (nSPS) is 22.8. The first-order valence-electron chi connectivity index (χ1n) is 5.88. The van der Waals surface area contributed by atoms with Crippen LogP contribution < -0.4 is 0 Å².